The molecule has 2 aromatic rings. The lowest BCUT2D eigenvalue weighted by atomic mass is 9.91. The summed E-state index contributed by atoms with van der Waals surface area (Å²) in [5, 5.41) is 16.4. The average Bonchev–Trinajstić information content (AvgIpc) is 3.05. The predicted molar refractivity (Wildman–Crippen MR) is 108 cm³/mol. The summed E-state index contributed by atoms with van der Waals surface area (Å²) in [6.45, 7) is 6.23. The van der Waals surface area contributed by atoms with Crippen LogP contribution in [0.2, 0.25) is 0 Å². The molecule has 1 aromatic carbocycles. The molecular weight excluding hydrogens is 360 g/mol. The zero-order valence-corrected chi connectivity index (χ0v) is 16.8. The van der Waals surface area contributed by atoms with Crippen LogP contribution in [-0.2, 0) is 17.9 Å². The summed E-state index contributed by atoms with van der Waals surface area (Å²) in [5.74, 6) is 0.284. The highest BCUT2D eigenvalue weighted by Crippen LogP contribution is 2.24. The van der Waals surface area contributed by atoms with Crippen LogP contribution in [0, 0.1) is 0 Å². The molecule has 6 nitrogen and oxygen atoms in total. The highest BCUT2D eigenvalue weighted by molar-refractivity contribution is 7.13. The van der Waals surface area contributed by atoms with E-state index in [4.69, 9.17) is 5.73 Å². The topological polar surface area (TPSA) is 91.5 Å². The van der Waals surface area contributed by atoms with Gasteiger partial charge >= 0.3 is 0 Å². The van der Waals surface area contributed by atoms with Gasteiger partial charge in [-0.2, -0.15) is 0 Å². The molecule has 1 aromatic heterocycles. The van der Waals surface area contributed by atoms with Crippen LogP contribution >= 0.6 is 11.3 Å². The molecule has 0 spiro atoms. The molecule has 146 valence electrons. The number of hydrogen-bond acceptors (Lipinski definition) is 6. The molecular formula is C20H28N4O2S. The lowest BCUT2D eigenvalue weighted by molar-refractivity contribution is -0.157. The summed E-state index contributed by atoms with van der Waals surface area (Å²) in [4.78, 5) is 18.8. The lowest BCUT2D eigenvalue weighted by Gasteiger charge is -2.38. The first-order chi connectivity index (χ1) is 12.9. The third-order valence-electron chi connectivity index (χ3n) is 5.02. The number of nitrogens with one attached hydrogen (secondary N) is 1. The molecule has 3 rings (SSSR count). The van der Waals surface area contributed by atoms with Crippen LogP contribution in [-0.4, -0.2) is 39.6 Å². The number of rotatable bonds is 7. The molecule has 0 saturated carbocycles. The van der Waals surface area contributed by atoms with E-state index in [1.807, 2.05) is 5.38 Å². The molecule has 1 aliphatic heterocycles. The number of likely N-dealkylation sites (tertiary alicyclic amines) is 1. The van der Waals surface area contributed by atoms with Crippen molar-refractivity contribution in [3.8, 4) is 0 Å². The zero-order chi connectivity index (χ0) is 19.4. The van der Waals surface area contributed by atoms with E-state index in [1.165, 1.54) is 16.9 Å². The van der Waals surface area contributed by atoms with E-state index in [2.05, 4.69) is 48.4 Å². The van der Waals surface area contributed by atoms with Gasteiger partial charge in [0, 0.05) is 31.6 Å². The minimum atomic E-state index is -1.36. The largest absolute Gasteiger partial charge is 0.379 e. The highest BCUT2D eigenvalue weighted by Gasteiger charge is 2.41. The maximum absolute atomic E-state index is 12.9. The van der Waals surface area contributed by atoms with Crippen molar-refractivity contribution in [1.82, 2.24) is 15.2 Å². The van der Waals surface area contributed by atoms with Crippen molar-refractivity contribution in [2.24, 2.45) is 0 Å². The van der Waals surface area contributed by atoms with Gasteiger partial charge in [0.05, 0.1) is 5.69 Å². The van der Waals surface area contributed by atoms with E-state index >= 15 is 0 Å². The summed E-state index contributed by atoms with van der Waals surface area (Å²) in [7, 11) is 0. The second kappa shape index (κ2) is 8.37. The van der Waals surface area contributed by atoms with Crippen molar-refractivity contribution >= 4 is 22.4 Å². The molecule has 0 unspecified atom stereocenters. The highest BCUT2D eigenvalue weighted by atomic mass is 32.1. The Morgan fingerprint density at radius 1 is 1.37 bits per heavy atom. The van der Waals surface area contributed by atoms with Crippen molar-refractivity contribution in [1.29, 1.82) is 0 Å². The van der Waals surface area contributed by atoms with Crippen LogP contribution in [0.1, 0.15) is 49.4 Å². The molecule has 27 heavy (non-hydrogen) atoms. The van der Waals surface area contributed by atoms with E-state index in [1.54, 1.807) is 4.90 Å². The summed E-state index contributed by atoms with van der Waals surface area (Å²) < 4.78 is 0. The first-order valence-electron chi connectivity index (χ1n) is 9.38. The number of nitrogen functional groups attached to an aromatic ring is 1. The molecule has 1 atom stereocenters. The Balaban J connectivity index is 1.58. The lowest BCUT2D eigenvalue weighted by Crippen LogP contribution is -2.57. The molecule has 1 saturated heterocycles. The second-order valence-corrected chi connectivity index (χ2v) is 8.43. The molecule has 0 bridgehead atoms. The number of nitrogens with two attached hydrogens (primary N) is 1. The number of nitrogens with zero attached hydrogens (tertiary/aromatic N) is 2. The fourth-order valence-corrected chi connectivity index (χ4v) is 3.97. The summed E-state index contributed by atoms with van der Waals surface area (Å²) in [6, 6.07) is 8.37. The van der Waals surface area contributed by atoms with E-state index in [0.717, 1.165) is 17.7 Å². The molecule has 7 heteroatoms. The van der Waals surface area contributed by atoms with Crippen molar-refractivity contribution in [3.05, 3.63) is 46.5 Å². The van der Waals surface area contributed by atoms with E-state index in [-0.39, 0.29) is 12.5 Å². The Hall–Kier alpha value is -1.96. The van der Waals surface area contributed by atoms with Crippen LogP contribution in [0.3, 0.4) is 0 Å². The number of carbonyl (C=O) groups is 1. The van der Waals surface area contributed by atoms with Gasteiger partial charge in [0.25, 0.3) is 5.91 Å². The van der Waals surface area contributed by atoms with Crippen molar-refractivity contribution in [2.75, 3.05) is 18.8 Å². The van der Waals surface area contributed by atoms with Gasteiger partial charge in [-0.25, -0.2) is 4.98 Å². The SMILES string of the molecule is CC(C)c1ccc(CN2CCC[C@](O)(CNCc3csc(N)n3)C2=O)cc1. The van der Waals surface area contributed by atoms with Crippen molar-refractivity contribution in [3.63, 3.8) is 0 Å². The molecule has 0 radical (unpaired) electrons. The number of thiazole rings is 1. The fraction of sp³-hybridized carbons (Fsp3) is 0.500. The van der Waals surface area contributed by atoms with Crippen LogP contribution in [0.4, 0.5) is 5.13 Å². The minimum Gasteiger partial charge on any atom is -0.379 e. The average molecular weight is 389 g/mol. The first-order valence-corrected chi connectivity index (χ1v) is 10.3. The number of hydrogen-bond donors (Lipinski definition) is 3. The van der Waals surface area contributed by atoms with Gasteiger partial charge in [0.2, 0.25) is 0 Å². The second-order valence-electron chi connectivity index (χ2n) is 7.54. The standard InChI is InChI=1S/C20H28N4O2S/c1-14(2)16-6-4-15(5-7-16)11-24-9-3-8-20(26,18(24)25)13-22-10-17-12-27-19(21)23-17/h4-7,12,14,22,26H,3,8-11,13H2,1-2H3,(H2,21,23)/t20-/m0/s1. The number of benzene rings is 1. The smallest absolute Gasteiger partial charge is 0.256 e. The number of aliphatic hydroxyl groups is 1. The normalized spacial score (nSPS) is 20.4. The van der Waals surface area contributed by atoms with Crippen LogP contribution in [0.25, 0.3) is 0 Å². The zero-order valence-electron chi connectivity index (χ0n) is 15.9. The number of aromatic nitrogens is 1. The van der Waals surface area contributed by atoms with E-state index in [0.29, 0.717) is 37.1 Å². The molecule has 4 N–H and O–H groups in total. The quantitative estimate of drug-likeness (QED) is 0.678. The molecule has 1 fully saturated rings. The Kier molecular flexibility index (Phi) is 6.14. The summed E-state index contributed by atoms with van der Waals surface area (Å²) in [5.41, 5.74) is 7.46. The Morgan fingerprint density at radius 3 is 2.74 bits per heavy atom. The van der Waals surface area contributed by atoms with Gasteiger partial charge in [-0.15, -0.1) is 11.3 Å². The Morgan fingerprint density at radius 2 is 2.11 bits per heavy atom. The molecule has 1 aliphatic rings. The first kappa shape index (κ1) is 19.8. The maximum Gasteiger partial charge on any atom is 0.256 e. The Labute approximate surface area is 164 Å². The molecule has 2 heterocycles. The number of amides is 1. The number of anilines is 1. The predicted octanol–water partition coefficient (Wildman–Crippen LogP) is 2.49. The van der Waals surface area contributed by atoms with E-state index in [9.17, 15) is 9.90 Å². The van der Waals surface area contributed by atoms with Crippen LogP contribution in [0.15, 0.2) is 29.6 Å². The van der Waals surface area contributed by atoms with Gasteiger partial charge in [0.15, 0.2) is 10.7 Å². The van der Waals surface area contributed by atoms with E-state index < -0.39 is 5.60 Å². The molecule has 0 aliphatic carbocycles. The van der Waals surface area contributed by atoms with Gasteiger partial charge in [-0.05, 0) is 29.9 Å². The van der Waals surface area contributed by atoms with Gasteiger partial charge in [0.1, 0.15) is 0 Å². The summed E-state index contributed by atoms with van der Waals surface area (Å²) >= 11 is 1.38. The number of piperidine rings is 1. The van der Waals surface area contributed by atoms with Crippen LogP contribution in [0.5, 0.6) is 0 Å². The van der Waals surface area contributed by atoms with Crippen molar-refractivity contribution < 1.29 is 9.90 Å². The third kappa shape index (κ3) is 4.86. The Bertz CT molecular complexity index is 775. The van der Waals surface area contributed by atoms with Gasteiger partial charge in [-0.1, -0.05) is 38.1 Å². The van der Waals surface area contributed by atoms with Gasteiger partial charge < -0.3 is 21.1 Å². The third-order valence-corrected chi connectivity index (χ3v) is 5.74. The summed E-state index contributed by atoms with van der Waals surface area (Å²) in [6.07, 6.45) is 1.26. The molecule has 1 amide bonds. The van der Waals surface area contributed by atoms with Crippen molar-refractivity contribution in [2.45, 2.75) is 51.3 Å². The van der Waals surface area contributed by atoms with Gasteiger partial charge in [-0.3, -0.25) is 4.79 Å². The minimum absolute atomic E-state index is 0.202. The maximum atomic E-state index is 12.9. The van der Waals surface area contributed by atoms with Crippen LogP contribution < -0.4 is 11.1 Å². The monoisotopic (exact) mass is 388 g/mol. The fourth-order valence-electron chi connectivity index (χ4n) is 3.41. The number of carbonyl (C=O) groups excluding carboxylic acids is 1.